The van der Waals surface area contributed by atoms with E-state index in [0.717, 1.165) is 5.76 Å². The molecule has 1 aliphatic rings. The van der Waals surface area contributed by atoms with Crippen LogP contribution in [0.4, 0.5) is 0 Å². The van der Waals surface area contributed by atoms with Crippen molar-refractivity contribution in [3.8, 4) is 0 Å². The van der Waals surface area contributed by atoms with Crippen LogP contribution < -0.4 is 10.6 Å². The van der Waals surface area contributed by atoms with E-state index in [1.807, 2.05) is 19.1 Å². The van der Waals surface area contributed by atoms with Crippen molar-refractivity contribution in [3.63, 3.8) is 0 Å². The average Bonchev–Trinajstić information content (AvgIpc) is 2.84. The lowest BCUT2D eigenvalue weighted by atomic mass is 9.92. The number of carbonyl (C=O) groups excluding carboxylic acids is 1. The lowest BCUT2D eigenvalue weighted by molar-refractivity contribution is -0.123. The molecule has 0 spiro atoms. The van der Waals surface area contributed by atoms with Gasteiger partial charge in [-0.15, -0.1) is 0 Å². The minimum absolute atomic E-state index is 0.0341. The van der Waals surface area contributed by atoms with E-state index in [-0.39, 0.29) is 11.9 Å². The molecule has 0 aliphatic heterocycles. The highest BCUT2D eigenvalue weighted by Crippen LogP contribution is 2.25. The molecule has 1 amide bonds. The SMILES string of the molecule is CC(N[C@@H](C)C1CCCCCC1)C(=O)NCc1ccco1. The van der Waals surface area contributed by atoms with Crippen molar-refractivity contribution in [1.29, 1.82) is 0 Å². The van der Waals surface area contributed by atoms with E-state index in [1.54, 1.807) is 6.26 Å². The van der Waals surface area contributed by atoms with Crippen LogP contribution in [0.15, 0.2) is 22.8 Å². The number of nitrogens with one attached hydrogen (secondary N) is 2. The van der Waals surface area contributed by atoms with Gasteiger partial charge in [0.05, 0.1) is 18.8 Å². The Morgan fingerprint density at radius 2 is 2.00 bits per heavy atom. The molecule has 1 heterocycles. The topological polar surface area (TPSA) is 54.3 Å². The molecule has 2 N–H and O–H groups in total. The molecule has 21 heavy (non-hydrogen) atoms. The Morgan fingerprint density at radius 3 is 2.62 bits per heavy atom. The molecular formula is C17H28N2O2. The first-order valence-electron chi connectivity index (χ1n) is 8.23. The van der Waals surface area contributed by atoms with Crippen LogP contribution in [-0.2, 0) is 11.3 Å². The van der Waals surface area contributed by atoms with Crippen LogP contribution in [0.2, 0.25) is 0 Å². The van der Waals surface area contributed by atoms with Crippen molar-refractivity contribution in [2.24, 2.45) is 5.92 Å². The Balaban J connectivity index is 1.73. The summed E-state index contributed by atoms with van der Waals surface area (Å²) in [4.78, 5) is 12.1. The number of hydrogen-bond acceptors (Lipinski definition) is 3. The molecule has 1 fully saturated rings. The van der Waals surface area contributed by atoms with E-state index in [1.165, 1.54) is 38.5 Å². The van der Waals surface area contributed by atoms with E-state index >= 15 is 0 Å². The van der Waals surface area contributed by atoms with Crippen molar-refractivity contribution < 1.29 is 9.21 Å². The Labute approximate surface area is 127 Å². The standard InChI is InChI=1S/C17H28N2O2/c1-13(15-8-5-3-4-6-9-15)19-14(2)17(20)18-12-16-10-7-11-21-16/h7,10-11,13-15,19H,3-6,8-9,12H2,1-2H3,(H,18,20)/t13-,14?/m0/s1. The van der Waals surface area contributed by atoms with Crippen LogP contribution in [0.5, 0.6) is 0 Å². The van der Waals surface area contributed by atoms with Crippen LogP contribution in [0, 0.1) is 5.92 Å². The molecule has 0 radical (unpaired) electrons. The molecule has 1 unspecified atom stereocenters. The first kappa shape index (κ1) is 16.1. The largest absolute Gasteiger partial charge is 0.467 e. The molecule has 1 aromatic rings. The van der Waals surface area contributed by atoms with Crippen molar-refractivity contribution in [2.75, 3.05) is 0 Å². The highest BCUT2D eigenvalue weighted by Gasteiger charge is 2.22. The lowest BCUT2D eigenvalue weighted by Crippen LogP contribution is -2.47. The molecule has 1 saturated carbocycles. The van der Waals surface area contributed by atoms with Gasteiger partial charge in [0.1, 0.15) is 5.76 Å². The second-order valence-electron chi connectivity index (χ2n) is 6.23. The van der Waals surface area contributed by atoms with E-state index < -0.39 is 0 Å². The summed E-state index contributed by atoms with van der Waals surface area (Å²) in [6.45, 7) is 4.60. The fourth-order valence-corrected chi connectivity index (χ4v) is 3.16. The Morgan fingerprint density at radius 1 is 1.29 bits per heavy atom. The minimum Gasteiger partial charge on any atom is -0.467 e. The smallest absolute Gasteiger partial charge is 0.237 e. The van der Waals surface area contributed by atoms with Crippen LogP contribution in [0.3, 0.4) is 0 Å². The minimum atomic E-state index is -0.168. The summed E-state index contributed by atoms with van der Waals surface area (Å²) < 4.78 is 5.22. The van der Waals surface area contributed by atoms with Gasteiger partial charge in [-0.2, -0.15) is 0 Å². The average molecular weight is 292 g/mol. The van der Waals surface area contributed by atoms with Crippen molar-refractivity contribution in [3.05, 3.63) is 24.2 Å². The quantitative estimate of drug-likeness (QED) is 0.791. The molecule has 0 aromatic carbocycles. The number of amides is 1. The molecule has 118 valence electrons. The van der Waals surface area contributed by atoms with Gasteiger partial charge < -0.3 is 15.1 Å². The third-order valence-electron chi connectivity index (χ3n) is 4.53. The van der Waals surface area contributed by atoms with Gasteiger partial charge in [0.25, 0.3) is 0 Å². The van der Waals surface area contributed by atoms with Gasteiger partial charge in [-0.05, 0) is 44.7 Å². The van der Waals surface area contributed by atoms with E-state index in [2.05, 4.69) is 17.6 Å². The van der Waals surface area contributed by atoms with Crippen molar-refractivity contribution >= 4 is 5.91 Å². The summed E-state index contributed by atoms with van der Waals surface area (Å²) in [5.74, 6) is 1.52. The predicted molar refractivity (Wildman–Crippen MR) is 83.8 cm³/mol. The summed E-state index contributed by atoms with van der Waals surface area (Å²) in [6.07, 6.45) is 9.58. The van der Waals surface area contributed by atoms with Crippen LogP contribution in [-0.4, -0.2) is 18.0 Å². The van der Waals surface area contributed by atoms with Gasteiger partial charge in [-0.3, -0.25) is 4.79 Å². The number of furan rings is 1. The second kappa shape index (κ2) is 8.23. The molecule has 2 rings (SSSR count). The highest BCUT2D eigenvalue weighted by molar-refractivity contribution is 5.81. The molecule has 0 saturated heterocycles. The number of hydrogen-bond donors (Lipinski definition) is 2. The zero-order valence-electron chi connectivity index (χ0n) is 13.2. The third-order valence-corrected chi connectivity index (χ3v) is 4.53. The van der Waals surface area contributed by atoms with Gasteiger partial charge >= 0.3 is 0 Å². The van der Waals surface area contributed by atoms with Crippen LogP contribution in [0.25, 0.3) is 0 Å². The maximum absolute atomic E-state index is 12.1. The van der Waals surface area contributed by atoms with E-state index in [0.29, 0.717) is 18.5 Å². The third kappa shape index (κ3) is 5.20. The lowest BCUT2D eigenvalue weighted by Gasteiger charge is -2.26. The van der Waals surface area contributed by atoms with Gasteiger partial charge in [0.15, 0.2) is 0 Å². The van der Waals surface area contributed by atoms with Crippen LogP contribution >= 0.6 is 0 Å². The van der Waals surface area contributed by atoms with Crippen molar-refractivity contribution in [1.82, 2.24) is 10.6 Å². The monoisotopic (exact) mass is 292 g/mol. The highest BCUT2D eigenvalue weighted by atomic mass is 16.3. The van der Waals surface area contributed by atoms with Gasteiger partial charge in [0.2, 0.25) is 5.91 Å². The maximum Gasteiger partial charge on any atom is 0.237 e. The van der Waals surface area contributed by atoms with E-state index in [4.69, 9.17) is 4.42 Å². The first-order valence-corrected chi connectivity index (χ1v) is 8.23. The molecule has 0 bridgehead atoms. The van der Waals surface area contributed by atoms with Gasteiger partial charge in [-0.25, -0.2) is 0 Å². The normalized spacial score (nSPS) is 19.7. The zero-order chi connectivity index (χ0) is 15.1. The summed E-state index contributed by atoms with van der Waals surface area (Å²) in [5.41, 5.74) is 0. The fourth-order valence-electron chi connectivity index (χ4n) is 3.16. The summed E-state index contributed by atoms with van der Waals surface area (Å²) in [6, 6.07) is 3.93. The zero-order valence-corrected chi connectivity index (χ0v) is 13.2. The summed E-state index contributed by atoms with van der Waals surface area (Å²) in [5, 5.41) is 6.37. The number of rotatable bonds is 6. The molecular weight excluding hydrogens is 264 g/mol. The van der Waals surface area contributed by atoms with Crippen molar-refractivity contribution in [2.45, 2.75) is 71.0 Å². The Hall–Kier alpha value is -1.29. The second-order valence-corrected chi connectivity index (χ2v) is 6.23. The number of carbonyl (C=O) groups is 1. The van der Waals surface area contributed by atoms with Gasteiger partial charge in [-0.1, -0.05) is 25.7 Å². The maximum atomic E-state index is 12.1. The predicted octanol–water partition coefficient (Wildman–Crippen LogP) is 3.23. The first-order chi connectivity index (χ1) is 10.2. The molecule has 4 heteroatoms. The Bertz CT molecular complexity index is 408. The van der Waals surface area contributed by atoms with Gasteiger partial charge in [0, 0.05) is 6.04 Å². The molecule has 1 aliphatic carbocycles. The van der Waals surface area contributed by atoms with Crippen LogP contribution in [0.1, 0.15) is 58.1 Å². The molecule has 1 aromatic heterocycles. The molecule has 2 atom stereocenters. The van der Waals surface area contributed by atoms with E-state index in [9.17, 15) is 4.79 Å². The fraction of sp³-hybridized carbons (Fsp3) is 0.706. The summed E-state index contributed by atoms with van der Waals surface area (Å²) >= 11 is 0. The Kier molecular flexibility index (Phi) is 6.30. The summed E-state index contributed by atoms with van der Waals surface area (Å²) in [7, 11) is 0. The molecule has 4 nitrogen and oxygen atoms in total.